The molecule has 1 amide bonds. The van der Waals surface area contributed by atoms with Crippen LogP contribution < -0.4 is 10.7 Å². The monoisotopic (exact) mass is 346 g/mol. The van der Waals surface area contributed by atoms with Crippen molar-refractivity contribution in [2.75, 3.05) is 38.9 Å². The van der Waals surface area contributed by atoms with Gasteiger partial charge in [0.05, 0.1) is 35.1 Å². The van der Waals surface area contributed by atoms with Gasteiger partial charge in [-0.3, -0.25) is 4.79 Å². The van der Waals surface area contributed by atoms with Crippen LogP contribution in [0.2, 0.25) is 10.0 Å². The Morgan fingerprint density at radius 1 is 1.55 bits per heavy atom. The minimum Gasteiger partial charge on any atom is -0.399 e. The lowest BCUT2D eigenvalue weighted by molar-refractivity contribution is -0.120. The fourth-order valence-electron chi connectivity index (χ4n) is 1.83. The minimum atomic E-state index is -0.201. The summed E-state index contributed by atoms with van der Waals surface area (Å²) in [7, 11) is 1.43. The second kappa shape index (κ2) is 8.30. The van der Waals surface area contributed by atoms with E-state index in [0.29, 0.717) is 41.2 Å². The first-order valence-electron chi connectivity index (χ1n) is 6.52. The molecule has 2 rings (SSSR count). The summed E-state index contributed by atoms with van der Waals surface area (Å²) in [4.78, 5) is 16.7. The first kappa shape index (κ1) is 17.0. The van der Waals surface area contributed by atoms with Crippen molar-refractivity contribution in [3.8, 4) is 0 Å². The summed E-state index contributed by atoms with van der Waals surface area (Å²) in [5, 5.41) is 8.94. The standard InChI is InChI=1S/C13H16Cl2N4O3/c1-21-17-6-9-4-12(11(15)5-10(9)14)18-13(20)7-19-2-3-22-8-16-19/h4-6,16H,2-3,7-8H2,1H3,(H,18,20). The molecule has 0 saturated carbocycles. The molecule has 1 aromatic carbocycles. The smallest absolute Gasteiger partial charge is 0.240 e. The van der Waals surface area contributed by atoms with E-state index in [1.54, 1.807) is 17.1 Å². The third kappa shape index (κ3) is 4.82. The average Bonchev–Trinajstić information content (AvgIpc) is 2.50. The first-order valence-corrected chi connectivity index (χ1v) is 7.27. The summed E-state index contributed by atoms with van der Waals surface area (Å²) in [5.41, 5.74) is 4.01. The maximum absolute atomic E-state index is 12.1. The van der Waals surface area contributed by atoms with Gasteiger partial charge in [-0.1, -0.05) is 28.4 Å². The van der Waals surface area contributed by atoms with Crippen LogP contribution in [-0.4, -0.2) is 50.7 Å². The highest BCUT2D eigenvalue weighted by Gasteiger charge is 2.15. The quantitative estimate of drug-likeness (QED) is 0.627. The van der Waals surface area contributed by atoms with Gasteiger partial charge in [-0.15, -0.1) is 0 Å². The number of rotatable bonds is 5. The Balaban J connectivity index is 2.04. The van der Waals surface area contributed by atoms with E-state index in [-0.39, 0.29) is 12.5 Å². The maximum atomic E-state index is 12.1. The average molecular weight is 347 g/mol. The summed E-state index contributed by atoms with van der Waals surface area (Å²) in [6.45, 7) is 1.80. The number of anilines is 1. The third-order valence-corrected chi connectivity index (χ3v) is 3.53. The fourth-order valence-corrected chi connectivity index (χ4v) is 2.31. The Morgan fingerprint density at radius 2 is 2.36 bits per heavy atom. The molecule has 2 N–H and O–H groups in total. The number of hydrazine groups is 1. The molecule has 0 aliphatic carbocycles. The van der Waals surface area contributed by atoms with Gasteiger partial charge >= 0.3 is 0 Å². The summed E-state index contributed by atoms with van der Waals surface area (Å²) >= 11 is 12.2. The van der Waals surface area contributed by atoms with Crippen LogP contribution in [0.15, 0.2) is 17.3 Å². The summed E-state index contributed by atoms with van der Waals surface area (Å²) in [6, 6.07) is 3.18. The van der Waals surface area contributed by atoms with Crippen LogP contribution in [0.3, 0.4) is 0 Å². The third-order valence-electron chi connectivity index (χ3n) is 2.89. The Bertz CT molecular complexity index is 562. The van der Waals surface area contributed by atoms with E-state index in [4.69, 9.17) is 27.9 Å². The number of carbonyl (C=O) groups is 1. The van der Waals surface area contributed by atoms with Gasteiger partial charge in [0.2, 0.25) is 5.91 Å². The number of nitrogens with one attached hydrogen (secondary N) is 2. The van der Waals surface area contributed by atoms with Gasteiger partial charge in [0, 0.05) is 12.1 Å². The van der Waals surface area contributed by atoms with Gasteiger partial charge in [0.15, 0.2) is 0 Å². The van der Waals surface area contributed by atoms with Crippen molar-refractivity contribution in [3.05, 3.63) is 27.7 Å². The van der Waals surface area contributed by atoms with Crippen LogP contribution in [-0.2, 0) is 14.4 Å². The predicted octanol–water partition coefficient (Wildman–Crippen LogP) is 1.71. The van der Waals surface area contributed by atoms with Gasteiger partial charge in [-0.2, -0.15) is 0 Å². The number of carbonyl (C=O) groups excluding carboxylic acids is 1. The van der Waals surface area contributed by atoms with Crippen LogP contribution in [0.25, 0.3) is 0 Å². The number of benzene rings is 1. The van der Waals surface area contributed by atoms with Crippen LogP contribution in [0.5, 0.6) is 0 Å². The first-order chi connectivity index (χ1) is 10.6. The normalized spacial score (nSPS) is 16.0. The molecular formula is C13H16Cl2N4O3. The van der Waals surface area contributed by atoms with Gasteiger partial charge < -0.3 is 14.9 Å². The van der Waals surface area contributed by atoms with Crippen molar-refractivity contribution in [1.29, 1.82) is 0 Å². The highest BCUT2D eigenvalue weighted by Crippen LogP contribution is 2.28. The fraction of sp³-hybridized carbons (Fsp3) is 0.385. The molecule has 1 aliphatic rings. The van der Waals surface area contributed by atoms with Crippen molar-refractivity contribution >= 4 is 41.0 Å². The molecule has 22 heavy (non-hydrogen) atoms. The number of amides is 1. The predicted molar refractivity (Wildman–Crippen MR) is 85.2 cm³/mol. The van der Waals surface area contributed by atoms with E-state index >= 15 is 0 Å². The van der Waals surface area contributed by atoms with E-state index in [2.05, 4.69) is 20.7 Å². The molecule has 0 radical (unpaired) electrons. The highest BCUT2D eigenvalue weighted by molar-refractivity contribution is 6.38. The number of halogens is 2. The highest BCUT2D eigenvalue weighted by atomic mass is 35.5. The Kier molecular flexibility index (Phi) is 6.41. The van der Waals surface area contributed by atoms with Gasteiger partial charge in [-0.25, -0.2) is 10.4 Å². The Labute approximate surface area is 138 Å². The van der Waals surface area contributed by atoms with Crippen LogP contribution >= 0.6 is 23.2 Å². The molecule has 0 spiro atoms. The van der Waals surface area contributed by atoms with Gasteiger partial charge in [-0.05, 0) is 12.1 Å². The van der Waals surface area contributed by atoms with Crippen LogP contribution in [0, 0.1) is 0 Å². The van der Waals surface area contributed by atoms with Crippen LogP contribution in [0.4, 0.5) is 5.69 Å². The molecule has 1 aromatic rings. The van der Waals surface area contributed by atoms with Crippen molar-refractivity contribution in [1.82, 2.24) is 10.4 Å². The summed E-state index contributed by atoms with van der Waals surface area (Å²) in [5.74, 6) is -0.201. The molecule has 1 fully saturated rings. The summed E-state index contributed by atoms with van der Waals surface area (Å²) < 4.78 is 5.14. The second-order valence-corrected chi connectivity index (χ2v) is 5.27. The topological polar surface area (TPSA) is 75.2 Å². The van der Waals surface area contributed by atoms with Crippen molar-refractivity contribution in [2.45, 2.75) is 0 Å². The second-order valence-electron chi connectivity index (χ2n) is 4.45. The zero-order valence-electron chi connectivity index (χ0n) is 11.9. The number of oxime groups is 1. The molecular weight excluding hydrogens is 331 g/mol. The zero-order chi connectivity index (χ0) is 15.9. The minimum absolute atomic E-state index is 0.184. The maximum Gasteiger partial charge on any atom is 0.240 e. The molecule has 0 unspecified atom stereocenters. The molecule has 9 heteroatoms. The molecule has 120 valence electrons. The largest absolute Gasteiger partial charge is 0.399 e. The number of hydrogen-bond donors (Lipinski definition) is 2. The van der Waals surface area contributed by atoms with E-state index in [1.807, 2.05) is 0 Å². The van der Waals surface area contributed by atoms with Gasteiger partial charge in [0.1, 0.15) is 13.8 Å². The Hall–Kier alpha value is -1.38. The number of hydrogen-bond acceptors (Lipinski definition) is 6. The molecule has 0 aromatic heterocycles. The van der Waals surface area contributed by atoms with E-state index < -0.39 is 0 Å². The Morgan fingerprint density at radius 3 is 3.05 bits per heavy atom. The van der Waals surface area contributed by atoms with Crippen molar-refractivity contribution < 1.29 is 14.4 Å². The number of ether oxygens (including phenoxy) is 1. The lowest BCUT2D eigenvalue weighted by atomic mass is 10.2. The van der Waals surface area contributed by atoms with Crippen molar-refractivity contribution in [3.63, 3.8) is 0 Å². The molecule has 1 saturated heterocycles. The number of nitrogens with zero attached hydrogens (tertiary/aromatic N) is 2. The van der Waals surface area contributed by atoms with Crippen LogP contribution in [0.1, 0.15) is 5.56 Å². The van der Waals surface area contributed by atoms with E-state index in [9.17, 15) is 4.79 Å². The van der Waals surface area contributed by atoms with Crippen molar-refractivity contribution in [2.24, 2.45) is 5.16 Å². The summed E-state index contributed by atoms with van der Waals surface area (Å²) in [6.07, 6.45) is 1.44. The lowest BCUT2D eigenvalue weighted by Crippen LogP contribution is -2.49. The zero-order valence-corrected chi connectivity index (χ0v) is 13.4. The SMILES string of the molecule is CON=Cc1cc(NC(=O)CN2CCOCN2)c(Cl)cc1Cl. The molecule has 0 bridgehead atoms. The molecule has 0 atom stereocenters. The van der Waals surface area contributed by atoms with E-state index in [0.717, 1.165) is 0 Å². The molecule has 1 aliphatic heterocycles. The molecule has 1 heterocycles. The van der Waals surface area contributed by atoms with E-state index in [1.165, 1.54) is 13.3 Å². The lowest BCUT2D eigenvalue weighted by Gasteiger charge is -2.26. The van der Waals surface area contributed by atoms with Gasteiger partial charge in [0.25, 0.3) is 0 Å². The molecule has 7 nitrogen and oxygen atoms in total.